The lowest BCUT2D eigenvalue weighted by Gasteiger charge is -2.31. The molecular weight excluding hydrogens is 498 g/mol. The van der Waals surface area contributed by atoms with Gasteiger partial charge in [0, 0.05) is 69.9 Å². The first-order chi connectivity index (χ1) is 18.1. The molecule has 1 aliphatic heterocycles. The lowest BCUT2D eigenvalue weighted by Crippen LogP contribution is -2.42. The molecule has 1 aromatic carbocycles. The van der Waals surface area contributed by atoms with E-state index in [4.69, 9.17) is 9.40 Å². The van der Waals surface area contributed by atoms with Crippen molar-refractivity contribution in [3.63, 3.8) is 0 Å². The Balaban J connectivity index is 1.44. The fourth-order valence-electron chi connectivity index (χ4n) is 5.59. The minimum atomic E-state index is -2.06. The summed E-state index contributed by atoms with van der Waals surface area (Å²) in [4.78, 5) is 20.7. The van der Waals surface area contributed by atoms with Crippen molar-refractivity contribution >= 4 is 21.3 Å². The van der Waals surface area contributed by atoms with E-state index in [-0.39, 0.29) is 23.2 Å². The minimum Gasteiger partial charge on any atom is -0.440 e. The number of anilines is 1. The second-order valence-electron chi connectivity index (χ2n) is 12.1. The number of hydrogen-bond donors (Lipinski definition) is 1. The van der Waals surface area contributed by atoms with Crippen molar-refractivity contribution in [2.45, 2.75) is 76.2 Å². The lowest BCUT2D eigenvalue weighted by atomic mass is 9.76. The molecule has 1 aromatic heterocycles. The number of carbonyl (C=O) groups excluding carboxylic acids is 1. The summed E-state index contributed by atoms with van der Waals surface area (Å²) in [7, 11) is -0.407. The monoisotopic (exact) mass is 537 g/mol. The second-order valence-corrected chi connectivity index (χ2v) is 14.8. The number of rotatable bonds is 5. The summed E-state index contributed by atoms with van der Waals surface area (Å²) in [5, 5.41) is 12.6. The van der Waals surface area contributed by atoms with Gasteiger partial charge in [0.1, 0.15) is 5.54 Å². The van der Waals surface area contributed by atoms with E-state index >= 15 is 0 Å². The van der Waals surface area contributed by atoms with Crippen LogP contribution in [-0.2, 0) is 19.9 Å². The van der Waals surface area contributed by atoms with Gasteiger partial charge in [0.2, 0.25) is 11.8 Å². The number of hydrogen-bond acceptors (Lipinski definition) is 7. The van der Waals surface area contributed by atoms with Gasteiger partial charge in [-0.2, -0.15) is 5.26 Å². The number of nitrogens with one attached hydrogen (secondary N) is 1. The van der Waals surface area contributed by atoms with Gasteiger partial charge in [0.05, 0.1) is 11.8 Å². The van der Waals surface area contributed by atoms with Crippen molar-refractivity contribution in [2.24, 2.45) is 10.3 Å². The topological polar surface area (TPSA) is 112 Å². The molecule has 2 aliphatic carbocycles. The van der Waals surface area contributed by atoms with E-state index in [1.165, 1.54) is 0 Å². The maximum Gasteiger partial charge on any atom is 0.225 e. The largest absolute Gasteiger partial charge is 0.440 e. The number of nitrogens with zero attached hydrogens (tertiary/aromatic N) is 4. The molecule has 0 radical (unpaired) electrons. The van der Waals surface area contributed by atoms with Crippen LogP contribution >= 0.6 is 0 Å². The Kier molecular flexibility index (Phi) is 7.06. The smallest absolute Gasteiger partial charge is 0.225 e. The predicted octanol–water partition coefficient (Wildman–Crippen LogP) is 5.00. The van der Waals surface area contributed by atoms with Gasteiger partial charge in [-0.25, -0.2) is 13.6 Å². The lowest BCUT2D eigenvalue weighted by molar-refractivity contribution is -0.127. The molecule has 2 heterocycles. The first kappa shape index (κ1) is 26.7. The Labute approximate surface area is 226 Å². The molecule has 0 spiro atoms. The van der Waals surface area contributed by atoms with Crippen molar-refractivity contribution in [1.82, 2.24) is 10.3 Å². The summed E-state index contributed by atoms with van der Waals surface area (Å²) in [5.74, 6) is 2.27. The number of nitriles is 1. The number of amides is 1. The normalized spacial score (nSPS) is 24.3. The van der Waals surface area contributed by atoms with Crippen LogP contribution in [-0.4, -0.2) is 52.3 Å². The first-order valence-corrected chi connectivity index (χ1v) is 15.6. The van der Waals surface area contributed by atoms with Crippen LogP contribution < -0.4 is 10.2 Å². The van der Waals surface area contributed by atoms with Crippen LogP contribution in [0.1, 0.15) is 76.8 Å². The zero-order chi connectivity index (χ0) is 27.1. The van der Waals surface area contributed by atoms with Gasteiger partial charge in [-0.3, -0.25) is 4.79 Å². The minimum absolute atomic E-state index is 0.0316. The van der Waals surface area contributed by atoms with Crippen LogP contribution in [0.5, 0.6) is 0 Å². The van der Waals surface area contributed by atoms with Crippen LogP contribution in [0.25, 0.3) is 11.3 Å². The van der Waals surface area contributed by atoms with Gasteiger partial charge in [-0.15, -0.1) is 0 Å². The van der Waals surface area contributed by atoms with Crippen molar-refractivity contribution in [1.29, 1.82) is 5.26 Å². The van der Waals surface area contributed by atoms with Gasteiger partial charge >= 0.3 is 0 Å². The molecule has 2 saturated carbocycles. The van der Waals surface area contributed by atoms with Gasteiger partial charge in [-0.05, 0) is 49.9 Å². The van der Waals surface area contributed by atoms with E-state index in [9.17, 15) is 14.3 Å². The Morgan fingerprint density at radius 2 is 1.84 bits per heavy atom. The third-order valence-electron chi connectivity index (χ3n) is 8.26. The van der Waals surface area contributed by atoms with Crippen LogP contribution in [0.4, 0.5) is 5.69 Å². The molecule has 1 N–H and O–H groups in total. The summed E-state index contributed by atoms with van der Waals surface area (Å²) in [6.45, 7) is 7.70. The highest BCUT2D eigenvalue weighted by molar-refractivity contribution is 7.93. The van der Waals surface area contributed by atoms with Gasteiger partial charge in [-0.1, -0.05) is 33.6 Å². The van der Waals surface area contributed by atoms with Crippen LogP contribution in [0, 0.1) is 17.2 Å². The van der Waals surface area contributed by atoms with Crippen LogP contribution in [0.3, 0.4) is 0 Å². The quantitative estimate of drug-likeness (QED) is 0.574. The molecule has 2 atom stereocenters. The number of aromatic nitrogens is 1. The highest BCUT2D eigenvalue weighted by Crippen LogP contribution is 2.44. The van der Waals surface area contributed by atoms with E-state index in [1.54, 1.807) is 7.05 Å². The fraction of sp³-hybridized carbons (Fsp3) is 0.621. The van der Waals surface area contributed by atoms with E-state index in [1.807, 2.05) is 0 Å². The molecular formula is C29H39N5O3S. The molecule has 0 unspecified atom stereocenters. The van der Waals surface area contributed by atoms with Crippen LogP contribution in [0.15, 0.2) is 33.0 Å². The average Bonchev–Trinajstić information content (AvgIpc) is 3.54. The van der Waals surface area contributed by atoms with Crippen molar-refractivity contribution in [3.8, 4) is 17.4 Å². The standard InChI is InChI=1S/C29H39N5O3S/c1-28(2,3)27-32-24(22-7-5-6-8-23(22)26(35)33-29(19-30)13-14-29)25(37-27)20-9-11-21(12-10-20)34-15-17-38(36,31-4)18-16-34/h9-12,22-23H,5-8,13-18H2,1-4H3,(H,33,35)/t22-,23-/m1/s1. The number of oxazole rings is 1. The Morgan fingerprint density at radius 3 is 2.42 bits per heavy atom. The third-order valence-corrected chi connectivity index (χ3v) is 10.6. The van der Waals surface area contributed by atoms with E-state index in [0.29, 0.717) is 17.4 Å². The predicted molar refractivity (Wildman–Crippen MR) is 150 cm³/mol. The average molecular weight is 538 g/mol. The summed E-state index contributed by atoms with van der Waals surface area (Å²) in [6, 6.07) is 10.6. The summed E-state index contributed by atoms with van der Waals surface area (Å²) in [5.41, 5.74) is 1.93. The SMILES string of the molecule is CN=S1(=O)CCN(c2ccc(-c3oc(C(C)(C)C)nc3[C@@H]3CCCC[C@H]3C(=O)NC3(C#N)CC3)cc2)CC1. The highest BCUT2D eigenvalue weighted by atomic mass is 32.2. The molecule has 1 amide bonds. The van der Waals surface area contributed by atoms with E-state index < -0.39 is 15.3 Å². The highest BCUT2D eigenvalue weighted by Gasteiger charge is 2.47. The summed E-state index contributed by atoms with van der Waals surface area (Å²) >= 11 is 0. The van der Waals surface area contributed by atoms with Crippen molar-refractivity contribution < 1.29 is 13.4 Å². The molecule has 9 heteroatoms. The van der Waals surface area contributed by atoms with E-state index in [0.717, 1.165) is 74.3 Å². The number of benzene rings is 1. The van der Waals surface area contributed by atoms with Crippen molar-refractivity contribution in [2.75, 3.05) is 36.5 Å². The van der Waals surface area contributed by atoms with Gasteiger partial charge < -0.3 is 14.6 Å². The molecule has 5 rings (SSSR count). The summed E-state index contributed by atoms with van der Waals surface area (Å²) in [6.07, 6.45) is 5.14. The second kappa shape index (κ2) is 10.0. The summed E-state index contributed by atoms with van der Waals surface area (Å²) < 4.78 is 23.1. The Morgan fingerprint density at radius 1 is 1.18 bits per heavy atom. The molecule has 204 valence electrons. The van der Waals surface area contributed by atoms with Crippen molar-refractivity contribution in [3.05, 3.63) is 35.9 Å². The fourth-order valence-corrected chi connectivity index (χ4v) is 7.17. The van der Waals surface area contributed by atoms with Crippen LogP contribution in [0.2, 0.25) is 0 Å². The maximum atomic E-state index is 13.4. The van der Waals surface area contributed by atoms with Gasteiger partial charge in [0.25, 0.3) is 0 Å². The third kappa shape index (κ3) is 5.33. The zero-order valence-corrected chi connectivity index (χ0v) is 23.8. The molecule has 38 heavy (non-hydrogen) atoms. The molecule has 2 aromatic rings. The number of carbonyl (C=O) groups is 1. The molecule has 0 bridgehead atoms. The molecule has 1 saturated heterocycles. The molecule has 3 aliphatic rings. The first-order valence-electron chi connectivity index (χ1n) is 13.8. The Hall–Kier alpha value is -2.86. The van der Waals surface area contributed by atoms with E-state index in [2.05, 4.69) is 65.7 Å². The molecule has 3 fully saturated rings. The maximum absolute atomic E-state index is 13.4. The van der Waals surface area contributed by atoms with Gasteiger partial charge in [0.15, 0.2) is 5.76 Å². The molecule has 8 nitrogen and oxygen atoms in total. The zero-order valence-electron chi connectivity index (χ0n) is 23.0. The Bertz CT molecular complexity index is 1340.